The molecule has 0 bridgehead atoms. The van der Waals surface area contributed by atoms with Crippen LogP contribution in [0, 0.1) is 0 Å². The van der Waals surface area contributed by atoms with Crippen molar-refractivity contribution in [3.05, 3.63) is 28.5 Å². The van der Waals surface area contributed by atoms with Crippen molar-refractivity contribution in [3.8, 4) is 0 Å². The summed E-state index contributed by atoms with van der Waals surface area (Å²) in [5.41, 5.74) is 8.03. The van der Waals surface area contributed by atoms with Gasteiger partial charge >= 0.3 is 0 Å². The van der Waals surface area contributed by atoms with E-state index in [0.717, 1.165) is 18.5 Å². The van der Waals surface area contributed by atoms with Crippen LogP contribution >= 0.6 is 24.0 Å². The quantitative estimate of drug-likeness (QED) is 0.658. The molecule has 0 saturated carbocycles. The van der Waals surface area contributed by atoms with E-state index in [9.17, 15) is 0 Å². The molecule has 2 N–H and O–H groups in total. The number of fused-ring (bicyclic) bond motifs is 1. The third-order valence-electron chi connectivity index (χ3n) is 2.05. The topological polar surface area (TPSA) is 38.9 Å². The Hall–Kier alpha value is -0.310. The molecule has 0 saturated heterocycles. The second-order valence-corrected chi connectivity index (χ2v) is 3.21. The summed E-state index contributed by atoms with van der Waals surface area (Å²) in [6.07, 6.45) is 2.04. The van der Waals surface area contributed by atoms with E-state index in [1.807, 2.05) is 12.1 Å². The lowest BCUT2D eigenvalue weighted by Crippen LogP contribution is -2.07. The first kappa shape index (κ1) is 9.78. The maximum atomic E-state index is 5.79. The van der Waals surface area contributed by atoms with Crippen LogP contribution in [0.15, 0.2) is 12.1 Å². The molecule has 0 fully saturated rings. The van der Waals surface area contributed by atoms with Crippen LogP contribution in [-0.2, 0) is 6.42 Å². The molecule has 1 atom stereocenters. The van der Waals surface area contributed by atoms with Crippen molar-refractivity contribution in [2.24, 2.45) is 5.73 Å². The molecule has 4 heteroatoms. The SMILES string of the molecule is Cl.N[C@@H]1CCc2ccc(Cl)nc21. The molecule has 12 heavy (non-hydrogen) atoms. The summed E-state index contributed by atoms with van der Waals surface area (Å²) in [5.74, 6) is 0. The van der Waals surface area contributed by atoms with Crippen LogP contribution in [0.25, 0.3) is 0 Å². The van der Waals surface area contributed by atoms with E-state index in [-0.39, 0.29) is 18.4 Å². The van der Waals surface area contributed by atoms with Crippen LogP contribution in [-0.4, -0.2) is 4.98 Å². The van der Waals surface area contributed by atoms with Crippen molar-refractivity contribution in [1.29, 1.82) is 0 Å². The average molecular weight is 205 g/mol. The minimum atomic E-state index is 0. The smallest absolute Gasteiger partial charge is 0.129 e. The lowest BCUT2D eigenvalue weighted by molar-refractivity contribution is 0.698. The number of pyridine rings is 1. The van der Waals surface area contributed by atoms with Crippen molar-refractivity contribution >= 4 is 24.0 Å². The number of halogens is 2. The molecule has 1 aliphatic rings. The third-order valence-corrected chi connectivity index (χ3v) is 2.26. The number of aromatic nitrogens is 1. The zero-order chi connectivity index (χ0) is 7.84. The molecule has 66 valence electrons. The van der Waals surface area contributed by atoms with Gasteiger partial charge in [0.2, 0.25) is 0 Å². The van der Waals surface area contributed by atoms with Gasteiger partial charge in [-0.15, -0.1) is 12.4 Å². The summed E-state index contributed by atoms with van der Waals surface area (Å²) < 4.78 is 0. The molecule has 2 rings (SSSR count). The van der Waals surface area contributed by atoms with E-state index >= 15 is 0 Å². The maximum absolute atomic E-state index is 5.79. The number of nitrogens with zero attached hydrogens (tertiary/aromatic N) is 1. The van der Waals surface area contributed by atoms with Gasteiger partial charge in [-0.05, 0) is 24.5 Å². The largest absolute Gasteiger partial charge is 0.323 e. The zero-order valence-corrected chi connectivity index (χ0v) is 8.03. The Balaban J connectivity index is 0.000000720. The molecule has 1 aliphatic carbocycles. The van der Waals surface area contributed by atoms with Gasteiger partial charge < -0.3 is 5.73 Å². The Kier molecular flexibility index (Phi) is 2.94. The standard InChI is InChI=1S/C8H9ClN2.ClH/c9-7-4-2-5-1-3-6(10)8(5)11-7;/h2,4,6H,1,3,10H2;1H/t6-;/m1./s1. The van der Waals surface area contributed by atoms with Crippen molar-refractivity contribution in [1.82, 2.24) is 4.98 Å². The normalized spacial score (nSPS) is 20.0. The number of hydrogen-bond donors (Lipinski definition) is 1. The van der Waals surface area contributed by atoms with E-state index < -0.39 is 0 Å². The minimum absolute atomic E-state index is 0. The van der Waals surface area contributed by atoms with Crippen LogP contribution in [0.4, 0.5) is 0 Å². The molecule has 0 spiro atoms. The summed E-state index contributed by atoms with van der Waals surface area (Å²) >= 11 is 5.72. The first-order valence-corrected chi connectivity index (χ1v) is 4.06. The Morgan fingerprint density at radius 3 is 3.00 bits per heavy atom. The molecule has 0 unspecified atom stereocenters. The molecule has 0 aliphatic heterocycles. The molecular weight excluding hydrogens is 195 g/mol. The van der Waals surface area contributed by atoms with Crippen molar-refractivity contribution in [2.75, 3.05) is 0 Å². The van der Waals surface area contributed by atoms with Crippen molar-refractivity contribution in [3.63, 3.8) is 0 Å². The van der Waals surface area contributed by atoms with E-state index in [1.165, 1.54) is 5.56 Å². The molecule has 0 radical (unpaired) electrons. The maximum Gasteiger partial charge on any atom is 0.129 e. The van der Waals surface area contributed by atoms with Gasteiger partial charge in [0.15, 0.2) is 0 Å². The number of aryl methyl sites for hydroxylation is 1. The van der Waals surface area contributed by atoms with Gasteiger partial charge in [-0.2, -0.15) is 0 Å². The van der Waals surface area contributed by atoms with Gasteiger partial charge in [0.05, 0.1) is 5.69 Å². The van der Waals surface area contributed by atoms with Crippen LogP contribution in [0.2, 0.25) is 5.15 Å². The van der Waals surface area contributed by atoms with Gasteiger partial charge in [0.1, 0.15) is 5.15 Å². The summed E-state index contributed by atoms with van der Waals surface area (Å²) in [4.78, 5) is 4.18. The number of rotatable bonds is 0. The average Bonchev–Trinajstić information content (AvgIpc) is 2.33. The summed E-state index contributed by atoms with van der Waals surface area (Å²) in [7, 11) is 0. The molecule has 0 amide bonds. The van der Waals surface area contributed by atoms with E-state index in [4.69, 9.17) is 17.3 Å². The Morgan fingerprint density at radius 2 is 2.25 bits per heavy atom. The summed E-state index contributed by atoms with van der Waals surface area (Å²) in [6, 6.07) is 3.93. The predicted octanol–water partition coefficient (Wildman–Crippen LogP) is 2.10. The minimum Gasteiger partial charge on any atom is -0.323 e. The fourth-order valence-electron chi connectivity index (χ4n) is 1.46. The Labute approximate surface area is 82.5 Å². The highest BCUT2D eigenvalue weighted by molar-refractivity contribution is 6.29. The highest BCUT2D eigenvalue weighted by Gasteiger charge is 2.20. The number of nitrogens with two attached hydrogens (primary N) is 1. The molecule has 2 nitrogen and oxygen atoms in total. The lowest BCUT2D eigenvalue weighted by atomic mass is 10.2. The lowest BCUT2D eigenvalue weighted by Gasteiger charge is -2.02. The Bertz CT molecular complexity index is 288. The first-order chi connectivity index (χ1) is 5.27. The van der Waals surface area contributed by atoms with Crippen LogP contribution < -0.4 is 5.73 Å². The third kappa shape index (κ3) is 1.56. The van der Waals surface area contributed by atoms with Crippen LogP contribution in [0.5, 0.6) is 0 Å². The summed E-state index contributed by atoms with van der Waals surface area (Å²) in [5, 5.41) is 0.543. The van der Waals surface area contributed by atoms with Gasteiger partial charge in [0.25, 0.3) is 0 Å². The second kappa shape index (κ2) is 3.60. The van der Waals surface area contributed by atoms with Crippen molar-refractivity contribution < 1.29 is 0 Å². The highest BCUT2D eigenvalue weighted by Crippen LogP contribution is 2.28. The molecule has 1 aromatic rings. The van der Waals surface area contributed by atoms with Crippen molar-refractivity contribution in [2.45, 2.75) is 18.9 Å². The van der Waals surface area contributed by atoms with Crippen LogP contribution in [0.3, 0.4) is 0 Å². The fourth-order valence-corrected chi connectivity index (χ4v) is 1.61. The van der Waals surface area contributed by atoms with E-state index in [2.05, 4.69) is 4.98 Å². The monoisotopic (exact) mass is 204 g/mol. The van der Waals surface area contributed by atoms with E-state index in [0.29, 0.717) is 5.15 Å². The fraction of sp³-hybridized carbons (Fsp3) is 0.375. The zero-order valence-electron chi connectivity index (χ0n) is 6.46. The molecular formula is C8H10Cl2N2. The highest BCUT2D eigenvalue weighted by atomic mass is 35.5. The van der Waals surface area contributed by atoms with E-state index in [1.54, 1.807) is 0 Å². The molecule has 1 heterocycles. The first-order valence-electron chi connectivity index (χ1n) is 3.68. The van der Waals surface area contributed by atoms with Crippen LogP contribution in [0.1, 0.15) is 23.7 Å². The second-order valence-electron chi connectivity index (χ2n) is 2.82. The Morgan fingerprint density at radius 1 is 1.50 bits per heavy atom. The van der Waals surface area contributed by atoms with Gasteiger partial charge in [-0.3, -0.25) is 0 Å². The summed E-state index contributed by atoms with van der Waals surface area (Å²) in [6.45, 7) is 0. The van der Waals surface area contributed by atoms with Gasteiger partial charge in [0, 0.05) is 6.04 Å². The van der Waals surface area contributed by atoms with Gasteiger partial charge in [-0.1, -0.05) is 17.7 Å². The molecule has 1 aromatic heterocycles. The molecule has 0 aromatic carbocycles. The van der Waals surface area contributed by atoms with Gasteiger partial charge in [-0.25, -0.2) is 4.98 Å². The predicted molar refractivity (Wildman–Crippen MR) is 51.7 cm³/mol. The number of hydrogen-bond acceptors (Lipinski definition) is 2.